The van der Waals surface area contributed by atoms with Crippen LogP contribution in [0.5, 0.6) is 5.75 Å². The van der Waals surface area contributed by atoms with Crippen LogP contribution in [0.1, 0.15) is 0 Å². The highest BCUT2D eigenvalue weighted by molar-refractivity contribution is 9.10. The fourth-order valence-electron chi connectivity index (χ4n) is 2.01. The van der Waals surface area contributed by atoms with Gasteiger partial charge in [-0.3, -0.25) is 0 Å². The maximum Gasteiger partial charge on any atom is 0.210 e. The Morgan fingerprint density at radius 3 is 2.70 bits per heavy atom. The van der Waals surface area contributed by atoms with Crippen molar-refractivity contribution in [2.45, 2.75) is 5.16 Å². The van der Waals surface area contributed by atoms with Crippen LogP contribution in [0.15, 0.2) is 64.2 Å². The number of benzene rings is 2. The summed E-state index contributed by atoms with van der Waals surface area (Å²) in [6.45, 7) is 0.564. The van der Waals surface area contributed by atoms with Crippen molar-refractivity contribution in [1.82, 2.24) is 14.9 Å². The first-order chi connectivity index (χ1) is 11.2. The summed E-state index contributed by atoms with van der Waals surface area (Å²) in [6.07, 6.45) is 0. The molecule has 0 bridgehead atoms. The number of nitrogens with zero attached hydrogens (tertiary/aromatic N) is 3. The van der Waals surface area contributed by atoms with Crippen LogP contribution in [0.3, 0.4) is 0 Å². The van der Waals surface area contributed by atoms with Gasteiger partial charge in [-0.2, -0.15) is 0 Å². The number of thioether (sulfide) groups is 1. The molecule has 0 atom stereocenters. The summed E-state index contributed by atoms with van der Waals surface area (Å²) >= 11 is 4.93. The smallest absolute Gasteiger partial charge is 0.210 e. The van der Waals surface area contributed by atoms with E-state index in [1.165, 1.54) is 16.4 Å². The van der Waals surface area contributed by atoms with Gasteiger partial charge in [-0.15, -0.1) is 10.2 Å². The summed E-state index contributed by atoms with van der Waals surface area (Å²) in [4.78, 5) is 0. The molecule has 0 radical (unpaired) electrons. The molecule has 0 unspecified atom stereocenters. The molecule has 0 fully saturated rings. The Balaban J connectivity index is 1.56. The number of nitrogen functional groups attached to an aromatic ring is 1. The Morgan fingerprint density at radius 2 is 1.91 bits per heavy atom. The average molecular weight is 391 g/mol. The quantitative estimate of drug-likeness (QED) is 0.395. The second kappa shape index (κ2) is 7.52. The molecule has 2 aromatic carbocycles. The van der Waals surface area contributed by atoms with E-state index in [9.17, 15) is 0 Å². The van der Waals surface area contributed by atoms with Crippen LogP contribution in [0, 0.1) is 0 Å². The van der Waals surface area contributed by atoms with Crippen LogP contribution in [0.2, 0.25) is 0 Å². The summed E-state index contributed by atoms with van der Waals surface area (Å²) in [7, 11) is 0. The SMILES string of the molecule is Nn1c(SCCOc2cccc(Br)c2)nnc1-c1ccccc1. The Kier molecular flexibility index (Phi) is 5.19. The minimum atomic E-state index is 0.564. The third-order valence-corrected chi connectivity index (χ3v) is 4.48. The maximum atomic E-state index is 6.07. The summed E-state index contributed by atoms with van der Waals surface area (Å²) in [5, 5.41) is 8.96. The molecule has 0 saturated heterocycles. The van der Waals surface area contributed by atoms with Gasteiger partial charge in [-0.25, -0.2) is 4.68 Å². The van der Waals surface area contributed by atoms with E-state index in [1.54, 1.807) is 0 Å². The highest BCUT2D eigenvalue weighted by Gasteiger charge is 2.11. The van der Waals surface area contributed by atoms with Crippen molar-refractivity contribution in [3.05, 3.63) is 59.1 Å². The number of hydrogen-bond donors (Lipinski definition) is 1. The van der Waals surface area contributed by atoms with Gasteiger partial charge in [-0.1, -0.05) is 64.1 Å². The Labute approximate surface area is 147 Å². The Hall–Kier alpha value is -1.99. The van der Waals surface area contributed by atoms with Crippen LogP contribution < -0.4 is 10.6 Å². The van der Waals surface area contributed by atoms with Gasteiger partial charge in [0.1, 0.15) is 5.75 Å². The number of hydrogen-bond acceptors (Lipinski definition) is 5. The molecule has 0 amide bonds. The number of rotatable bonds is 6. The molecule has 0 aliphatic rings. The lowest BCUT2D eigenvalue weighted by molar-refractivity contribution is 0.343. The van der Waals surface area contributed by atoms with Crippen molar-refractivity contribution in [3.63, 3.8) is 0 Å². The molecule has 0 spiro atoms. The largest absolute Gasteiger partial charge is 0.493 e. The maximum absolute atomic E-state index is 6.07. The van der Waals surface area contributed by atoms with Gasteiger partial charge in [0, 0.05) is 15.8 Å². The van der Waals surface area contributed by atoms with Gasteiger partial charge in [0.15, 0.2) is 5.82 Å². The fraction of sp³-hybridized carbons (Fsp3) is 0.125. The highest BCUT2D eigenvalue weighted by atomic mass is 79.9. The zero-order valence-corrected chi connectivity index (χ0v) is 14.6. The third-order valence-electron chi connectivity index (χ3n) is 3.08. The van der Waals surface area contributed by atoms with Crippen molar-refractivity contribution < 1.29 is 4.74 Å². The minimum absolute atomic E-state index is 0.564. The van der Waals surface area contributed by atoms with E-state index in [-0.39, 0.29) is 0 Å². The van der Waals surface area contributed by atoms with E-state index in [0.717, 1.165) is 21.5 Å². The van der Waals surface area contributed by atoms with Crippen molar-refractivity contribution in [1.29, 1.82) is 0 Å². The first-order valence-electron chi connectivity index (χ1n) is 7.01. The van der Waals surface area contributed by atoms with Crippen LogP contribution in [-0.2, 0) is 0 Å². The van der Waals surface area contributed by atoms with Gasteiger partial charge in [0.05, 0.1) is 6.61 Å². The predicted molar refractivity (Wildman–Crippen MR) is 96.0 cm³/mol. The Bertz CT molecular complexity index is 779. The molecule has 3 aromatic rings. The van der Waals surface area contributed by atoms with E-state index >= 15 is 0 Å². The molecule has 7 heteroatoms. The molecule has 5 nitrogen and oxygen atoms in total. The van der Waals surface area contributed by atoms with E-state index in [4.69, 9.17) is 10.6 Å². The molecule has 23 heavy (non-hydrogen) atoms. The number of halogens is 1. The van der Waals surface area contributed by atoms with Crippen molar-refractivity contribution in [3.8, 4) is 17.1 Å². The summed E-state index contributed by atoms with van der Waals surface area (Å²) in [6, 6.07) is 17.5. The van der Waals surface area contributed by atoms with E-state index in [0.29, 0.717) is 17.6 Å². The van der Waals surface area contributed by atoms with Gasteiger partial charge in [0.2, 0.25) is 5.16 Å². The molecule has 0 aliphatic heterocycles. The number of aromatic nitrogens is 3. The third kappa shape index (κ3) is 4.05. The standard InChI is InChI=1S/C16H15BrN4OS/c17-13-7-4-8-14(11-13)22-9-10-23-16-20-19-15(21(16)18)12-5-2-1-3-6-12/h1-8,11H,9-10,18H2. The molecule has 2 N–H and O–H groups in total. The lowest BCUT2D eigenvalue weighted by atomic mass is 10.2. The normalized spacial score (nSPS) is 10.7. The molecule has 118 valence electrons. The lowest BCUT2D eigenvalue weighted by Gasteiger charge is -2.06. The molecular formula is C16H15BrN4OS. The predicted octanol–water partition coefficient (Wildman–Crippen LogP) is 3.59. The van der Waals surface area contributed by atoms with Gasteiger partial charge in [0.25, 0.3) is 0 Å². The van der Waals surface area contributed by atoms with Gasteiger partial charge >= 0.3 is 0 Å². The van der Waals surface area contributed by atoms with Crippen LogP contribution >= 0.6 is 27.7 Å². The van der Waals surface area contributed by atoms with Crippen LogP contribution in [0.25, 0.3) is 11.4 Å². The topological polar surface area (TPSA) is 66.0 Å². The molecule has 1 heterocycles. The van der Waals surface area contributed by atoms with Crippen molar-refractivity contribution in [2.75, 3.05) is 18.2 Å². The van der Waals surface area contributed by atoms with Crippen molar-refractivity contribution >= 4 is 27.7 Å². The fourth-order valence-corrected chi connectivity index (χ4v) is 3.06. The molecular weight excluding hydrogens is 376 g/mol. The zero-order chi connectivity index (χ0) is 16.1. The second-order valence-electron chi connectivity index (χ2n) is 4.70. The summed E-state index contributed by atoms with van der Waals surface area (Å²) < 4.78 is 8.20. The average Bonchev–Trinajstić information content (AvgIpc) is 2.93. The Morgan fingerprint density at radius 1 is 1.09 bits per heavy atom. The van der Waals surface area contributed by atoms with E-state index < -0.39 is 0 Å². The monoisotopic (exact) mass is 390 g/mol. The highest BCUT2D eigenvalue weighted by Crippen LogP contribution is 2.22. The van der Waals surface area contributed by atoms with Crippen LogP contribution in [0.4, 0.5) is 0 Å². The summed E-state index contributed by atoms with van der Waals surface area (Å²) in [5.74, 6) is 8.29. The van der Waals surface area contributed by atoms with Gasteiger partial charge in [-0.05, 0) is 18.2 Å². The first kappa shape index (κ1) is 15.9. The zero-order valence-electron chi connectivity index (χ0n) is 12.2. The van der Waals surface area contributed by atoms with E-state index in [1.807, 2.05) is 54.6 Å². The van der Waals surface area contributed by atoms with E-state index in [2.05, 4.69) is 26.1 Å². The molecule has 1 aromatic heterocycles. The first-order valence-corrected chi connectivity index (χ1v) is 8.79. The lowest BCUT2D eigenvalue weighted by Crippen LogP contribution is -2.12. The second-order valence-corrected chi connectivity index (χ2v) is 6.67. The summed E-state index contributed by atoms with van der Waals surface area (Å²) in [5.41, 5.74) is 0.944. The molecule has 3 rings (SSSR count). The minimum Gasteiger partial charge on any atom is -0.493 e. The van der Waals surface area contributed by atoms with Gasteiger partial charge < -0.3 is 10.6 Å². The van der Waals surface area contributed by atoms with Crippen LogP contribution in [-0.4, -0.2) is 27.2 Å². The van der Waals surface area contributed by atoms with Crippen molar-refractivity contribution in [2.24, 2.45) is 0 Å². The number of ether oxygens (including phenoxy) is 1. The number of nitrogens with two attached hydrogens (primary N) is 1. The molecule has 0 saturated carbocycles. The molecule has 0 aliphatic carbocycles.